The maximum Gasteiger partial charge on any atom is 0.304 e. The van der Waals surface area contributed by atoms with Crippen LogP contribution in [-0.2, 0) is 4.79 Å². The fraction of sp³-hybridized carbons (Fsp3) is 0.286. The second kappa shape index (κ2) is 5.04. The highest BCUT2D eigenvalue weighted by Gasteiger charge is 2.14. The summed E-state index contributed by atoms with van der Waals surface area (Å²) in [5.74, 6) is -0.139. The Labute approximate surface area is 105 Å². The lowest BCUT2D eigenvalue weighted by Crippen LogP contribution is -2.05. The number of fused-ring (bicyclic) bond motifs is 1. The summed E-state index contributed by atoms with van der Waals surface area (Å²) in [6.07, 6.45) is 1.79. The highest BCUT2D eigenvalue weighted by Crippen LogP contribution is 2.28. The molecular weight excluding hydrogens is 230 g/mol. The average Bonchev–Trinajstić information content (AvgIpc) is 2.36. The number of aromatic nitrogens is 1. The van der Waals surface area contributed by atoms with E-state index in [2.05, 4.69) is 4.98 Å². The van der Waals surface area contributed by atoms with Crippen LogP contribution in [0.4, 0.5) is 0 Å². The molecule has 0 bridgehead atoms. The first-order chi connectivity index (χ1) is 8.61. The number of pyridine rings is 1. The molecular formula is C14H15NO3. The number of hydrogen-bond donors (Lipinski definition) is 1. The Kier molecular flexibility index (Phi) is 3.46. The van der Waals surface area contributed by atoms with Gasteiger partial charge in [-0.2, -0.15) is 0 Å². The van der Waals surface area contributed by atoms with Crippen molar-refractivity contribution in [1.29, 1.82) is 0 Å². The van der Waals surface area contributed by atoms with E-state index in [-0.39, 0.29) is 12.3 Å². The standard InChI is InChI=1S/C14H15NO3/c1-9(7-13(16)17)14-12-4-3-11(18-2)8-10(12)5-6-15-14/h3-6,8-9H,7H2,1-2H3,(H,16,17). The van der Waals surface area contributed by atoms with Crippen LogP contribution < -0.4 is 4.74 Å². The minimum absolute atomic E-state index is 0.0815. The molecule has 0 spiro atoms. The van der Waals surface area contributed by atoms with Gasteiger partial charge in [0.1, 0.15) is 5.75 Å². The quantitative estimate of drug-likeness (QED) is 0.899. The molecule has 1 N–H and O–H groups in total. The van der Waals surface area contributed by atoms with Gasteiger partial charge >= 0.3 is 5.97 Å². The molecule has 0 aliphatic carbocycles. The van der Waals surface area contributed by atoms with Crippen molar-refractivity contribution in [3.05, 3.63) is 36.2 Å². The Balaban J connectivity index is 2.48. The van der Waals surface area contributed by atoms with Crippen LogP contribution in [-0.4, -0.2) is 23.2 Å². The zero-order valence-corrected chi connectivity index (χ0v) is 10.4. The van der Waals surface area contributed by atoms with E-state index in [4.69, 9.17) is 9.84 Å². The van der Waals surface area contributed by atoms with Crippen LogP contribution in [0.25, 0.3) is 10.8 Å². The molecule has 0 saturated heterocycles. The fourth-order valence-corrected chi connectivity index (χ4v) is 2.06. The molecule has 2 rings (SSSR count). The highest BCUT2D eigenvalue weighted by atomic mass is 16.5. The van der Waals surface area contributed by atoms with Gasteiger partial charge in [-0.05, 0) is 29.7 Å². The SMILES string of the molecule is COc1ccc2c(C(C)CC(=O)O)nccc2c1. The molecule has 0 aliphatic heterocycles. The van der Waals surface area contributed by atoms with Crippen molar-refractivity contribution in [1.82, 2.24) is 4.98 Å². The summed E-state index contributed by atoms with van der Waals surface area (Å²) in [5.41, 5.74) is 0.817. The molecule has 2 aromatic rings. The van der Waals surface area contributed by atoms with Gasteiger partial charge in [-0.15, -0.1) is 0 Å². The number of carboxylic acid groups (broad SMARTS) is 1. The highest BCUT2D eigenvalue weighted by molar-refractivity contribution is 5.86. The Morgan fingerprint density at radius 1 is 1.44 bits per heavy atom. The molecule has 4 heteroatoms. The Bertz CT molecular complexity index is 580. The van der Waals surface area contributed by atoms with Crippen molar-refractivity contribution in [2.24, 2.45) is 0 Å². The van der Waals surface area contributed by atoms with E-state index in [1.807, 2.05) is 31.2 Å². The van der Waals surface area contributed by atoms with Gasteiger partial charge in [-0.3, -0.25) is 9.78 Å². The van der Waals surface area contributed by atoms with Crippen LogP contribution in [0.15, 0.2) is 30.5 Å². The molecule has 0 aliphatic rings. The number of benzene rings is 1. The maximum absolute atomic E-state index is 10.8. The van der Waals surface area contributed by atoms with Gasteiger partial charge < -0.3 is 9.84 Å². The Morgan fingerprint density at radius 2 is 2.22 bits per heavy atom. The minimum atomic E-state index is -0.810. The van der Waals surface area contributed by atoms with Crippen LogP contribution in [0.3, 0.4) is 0 Å². The van der Waals surface area contributed by atoms with Gasteiger partial charge in [-0.25, -0.2) is 0 Å². The molecule has 4 nitrogen and oxygen atoms in total. The molecule has 1 heterocycles. The second-order valence-corrected chi connectivity index (χ2v) is 4.28. The largest absolute Gasteiger partial charge is 0.497 e. The smallest absolute Gasteiger partial charge is 0.304 e. The first kappa shape index (κ1) is 12.4. The molecule has 0 fully saturated rings. The lowest BCUT2D eigenvalue weighted by Gasteiger charge is -2.12. The number of methoxy groups -OCH3 is 1. The van der Waals surface area contributed by atoms with Crippen LogP contribution in [0.2, 0.25) is 0 Å². The topological polar surface area (TPSA) is 59.4 Å². The first-order valence-corrected chi connectivity index (χ1v) is 5.76. The number of nitrogens with zero attached hydrogens (tertiary/aromatic N) is 1. The van der Waals surface area contributed by atoms with Crippen molar-refractivity contribution in [2.45, 2.75) is 19.3 Å². The van der Waals surface area contributed by atoms with Gasteiger partial charge in [0.2, 0.25) is 0 Å². The molecule has 0 saturated carbocycles. The summed E-state index contributed by atoms with van der Waals surface area (Å²) < 4.78 is 5.17. The van der Waals surface area contributed by atoms with Crippen LogP contribution in [0.1, 0.15) is 25.0 Å². The van der Waals surface area contributed by atoms with Crippen LogP contribution >= 0.6 is 0 Å². The van der Waals surface area contributed by atoms with Crippen molar-refractivity contribution >= 4 is 16.7 Å². The third kappa shape index (κ3) is 2.42. The van der Waals surface area contributed by atoms with E-state index in [0.29, 0.717) is 0 Å². The summed E-state index contributed by atoms with van der Waals surface area (Å²) in [6, 6.07) is 7.61. The molecule has 0 radical (unpaired) electrons. The van der Waals surface area contributed by atoms with Crippen molar-refractivity contribution in [3.63, 3.8) is 0 Å². The normalized spacial score (nSPS) is 12.3. The van der Waals surface area contributed by atoms with Crippen LogP contribution in [0.5, 0.6) is 5.75 Å². The molecule has 1 atom stereocenters. The molecule has 18 heavy (non-hydrogen) atoms. The predicted octanol–water partition coefficient (Wildman–Crippen LogP) is 2.82. The Hall–Kier alpha value is -2.10. The average molecular weight is 245 g/mol. The third-order valence-corrected chi connectivity index (χ3v) is 2.95. The van der Waals surface area contributed by atoms with Gasteiger partial charge in [0.15, 0.2) is 0 Å². The lowest BCUT2D eigenvalue weighted by atomic mass is 9.98. The van der Waals surface area contributed by atoms with E-state index in [1.165, 1.54) is 0 Å². The number of carbonyl (C=O) groups is 1. The number of carboxylic acids is 1. The van der Waals surface area contributed by atoms with E-state index < -0.39 is 5.97 Å². The monoisotopic (exact) mass is 245 g/mol. The van der Waals surface area contributed by atoms with Crippen molar-refractivity contribution in [3.8, 4) is 5.75 Å². The van der Waals surface area contributed by atoms with Crippen molar-refractivity contribution < 1.29 is 14.6 Å². The van der Waals surface area contributed by atoms with Gasteiger partial charge in [0.25, 0.3) is 0 Å². The molecule has 1 aromatic carbocycles. The fourth-order valence-electron chi connectivity index (χ4n) is 2.06. The van der Waals surface area contributed by atoms with E-state index in [9.17, 15) is 4.79 Å². The summed E-state index contributed by atoms with van der Waals surface area (Å²) >= 11 is 0. The summed E-state index contributed by atoms with van der Waals surface area (Å²) in [4.78, 5) is 15.1. The molecule has 0 amide bonds. The zero-order chi connectivity index (χ0) is 13.1. The third-order valence-electron chi connectivity index (χ3n) is 2.95. The summed E-state index contributed by atoms with van der Waals surface area (Å²) in [7, 11) is 1.62. The van der Waals surface area contributed by atoms with Gasteiger partial charge in [0, 0.05) is 17.5 Å². The van der Waals surface area contributed by atoms with E-state index in [1.54, 1.807) is 13.3 Å². The van der Waals surface area contributed by atoms with Gasteiger partial charge in [0.05, 0.1) is 19.2 Å². The molecule has 1 aromatic heterocycles. The number of rotatable bonds is 4. The lowest BCUT2D eigenvalue weighted by molar-refractivity contribution is -0.137. The van der Waals surface area contributed by atoms with Crippen molar-refractivity contribution in [2.75, 3.05) is 7.11 Å². The van der Waals surface area contributed by atoms with Crippen LogP contribution in [0, 0.1) is 0 Å². The number of aliphatic carboxylic acids is 1. The summed E-state index contributed by atoms with van der Waals surface area (Å²) in [5, 5.41) is 10.8. The minimum Gasteiger partial charge on any atom is -0.497 e. The van der Waals surface area contributed by atoms with Gasteiger partial charge in [-0.1, -0.05) is 6.92 Å². The maximum atomic E-state index is 10.8. The molecule has 94 valence electrons. The number of hydrogen-bond acceptors (Lipinski definition) is 3. The zero-order valence-electron chi connectivity index (χ0n) is 10.4. The van der Waals surface area contributed by atoms with E-state index in [0.717, 1.165) is 22.2 Å². The predicted molar refractivity (Wildman–Crippen MR) is 69.0 cm³/mol. The Morgan fingerprint density at radius 3 is 2.89 bits per heavy atom. The first-order valence-electron chi connectivity index (χ1n) is 5.76. The number of ether oxygens (including phenoxy) is 1. The molecule has 1 unspecified atom stereocenters. The summed E-state index contributed by atoms with van der Waals surface area (Å²) in [6.45, 7) is 1.88. The van der Waals surface area contributed by atoms with E-state index >= 15 is 0 Å². The second-order valence-electron chi connectivity index (χ2n) is 4.28.